The van der Waals surface area contributed by atoms with Crippen LogP contribution in [0.25, 0.3) is 0 Å². The summed E-state index contributed by atoms with van der Waals surface area (Å²) in [6, 6.07) is 13.7. The number of hydroxylamine groups is 1. The molecule has 3 N–H and O–H groups in total. The average Bonchev–Trinajstić information content (AvgIpc) is 2.91. The third-order valence-electron chi connectivity index (χ3n) is 4.36. The number of amides is 2. The van der Waals surface area contributed by atoms with E-state index >= 15 is 0 Å². The maximum Gasteiger partial charge on any atom is 0.274 e. The molecule has 6 nitrogen and oxygen atoms in total. The summed E-state index contributed by atoms with van der Waals surface area (Å²) in [4.78, 5) is 26.0. The average molecular weight is 360 g/mol. The zero-order valence-electron chi connectivity index (χ0n) is 13.6. The van der Waals surface area contributed by atoms with Crippen LogP contribution in [0.3, 0.4) is 0 Å². The summed E-state index contributed by atoms with van der Waals surface area (Å²) in [6.45, 7) is 2.47. The molecule has 0 radical (unpaired) electrons. The molecule has 1 fully saturated rings. The van der Waals surface area contributed by atoms with Crippen LogP contribution in [0, 0.1) is 0 Å². The fraction of sp³-hybridized carbons (Fsp3) is 0.222. The Morgan fingerprint density at radius 1 is 1.16 bits per heavy atom. The van der Waals surface area contributed by atoms with Gasteiger partial charge in [-0.3, -0.25) is 14.8 Å². The minimum Gasteiger partial charge on any atom is -0.371 e. The van der Waals surface area contributed by atoms with E-state index in [-0.39, 0.29) is 5.91 Å². The van der Waals surface area contributed by atoms with Gasteiger partial charge in [0.15, 0.2) is 0 Å². The topological polar surface area (TPSA) is 81.7 Å². The normalized spacial score (nSPS) is 19.8. The molecule has 1 saturated heterocycles. The van der Waals surface area contributed by atoms with Crippen LogP contribution in [0.2, 0.25) is 5.02 Å². The van der Waals surface area contributed by atoms with E-state index in [0.717, 1.165) is 11.4 Å². The summed E-state index contributed by atoms with van der Waals surface area (Å²) in [6.07, 6.45) is 0.646. The van der Waals surface area contributed by atoms with Crippen LogP contribution in [-0.2, 0) is 4.79 Å². The zero-order chi connectivity index (χ0) is 18.0. The fourth-order valence-electron chi connectivity index (χ4n) is 2.91. The number of hydrogen-bond donors (Lipinski definition) is 3. The number of anilines is 2. The summed E-state index contributed by atoms with van der Waals surface area (Å²) in [5.41, 5.74) is 2.72. The third kappa shape index (κ3) is 3.45. The lowest BCUT2D eigenvalue weighted by Crippen LogP contribution is -2.44. The Morgan fingerprint density at radius 3 is 2.40 bits per heavy atom. The van der Waals surface area contributed by atoms with Gasteiger partial charge in [0, 0.05) is 28.5 Å². The predicted molar refractivity (Wildman–Crippen MR) is 96.1 cm³/mol. The number of rotatable bonds is 4. The van der Waals surface area contributed by atoms with Crippen LogP contribution >= 0.6 is 11.6 Å². The molecule has 1 atom stereocenters. The van der Waals surface area contributed by atoms with Crippen LogP contribution in [0.5, 0.6) is 0 Å². The Morgan fingerprint density at radius 2 is 1.80 bits per heavy atom. The SMILES string of the molecule is C[C@@]1(Nc2ccc(C(=O)NO)cc2)CCN(c2ccc(Cl)cc2)C1=O. The smallest absolute Gasteiger partial charge is 0.274 e. The summed E-state index contributed by atoms with van der Waals surface area (Å²) in [5.74, 6) is -0.601. The fourth-order valence-corrected chi connectivity index (χ4v) is 3.04. The van der Waals surface area contributed by atoms with E-state index < -0.39 is 11.4 Å². The number of carbonyl (C=O) groups is 2. The van der Waals surface area contributed by atoms with E-state index in [1.54, 1.807) is 46.8 Å². The quantitative estimate of drug-likeness (QED) is 0.579. The minimum absolute atomic E-state index is 0.0213. The molecule has 0 unspecified atom stereocenters. The molecule has 1 aliphatic heterocycles. The maximum absolute atomic E-state index is 12.9. The Kier molecular flexibility index (Phi) is 4.65. The van der Waals surface area contributed by atoms with Crippen molar-refractivity contribution in [3.63, 3.8) is 0 Å². The van der Waals surface area contributed by atoms with Gasteiger partial charge >= 0.3 is 0 Å². The van der Waals surface area contributed by atoms with Gasteiger partial charge in [0.1, 0.15) is 5.54 Å². The summed E-state index contributed by atoms with van der Waals surface area (Å²) in [7, 11) is 0. The number of benzene rings is 2. The van der Waals surface area contributed by atoms with Crippen molar-refractivity contribution in [2.24, 2.45) is 0 Å². The van der Waals surface area contributed by atoms with E-state index in [2.05, 4.69) is 5.32 Å². The largest absolute Gasteiger partial charge is 0.371 e. The molecule has 0 aliphatic carbocycles. The van der Waals surface area contributed by atoms with Gasteiger partial charge in [0.2, 0.25) is 0 Å². The van der Waals surface area contributed by atoms with Gasteiger partial charge < -0.3 is 10.2 Å². The Bertz CT molecular complexity index is 792. The van der Waals surface area contributed by atoms with Gasteiger partial charge in [-0.2, -0.15) is 0 Å². The number of hydrogen-bond acceptors (Lipinski definition) is 4. The van der Waals surface area contributed by atoms with Crippen LogP contribution in [0.1, 0.15) is 23.7 Å². The predicted octanol–water partition coefficient (Wildman–Crippen LogP) is 3.07. The molecular weight excluding hydrogens is 342 g/mol. The van der Waals surface area contributed by atoms with Crippen LogP contribution in [0.15, 0.2) is 48.5 Å². The molecular formula is C18H18ClN3O3. The van der Waals surface area contributed by atoms with Crippen molar-refractivity contribution in [2.45, 2.75) is 18.9 Å². The number of nitrogens with one attached hydrogen (secondary N) is 2. The lowest BCUT2D eigenvalue weighted by molar-refractivity contribution is -0.120. The summed E-state index contributed by atoms with van der Waals surface area (Å²) >= 11 is 5.90. The first-order valence-electron chi connectivity index (χ1n) is 7.83. The van der Waals surface area contributed by atoms with E-state index in [9.17, 15) is 9.59 Å². The standard InChI is InChI=1S/C18H18ClN3O3/c1-18(20-14-6-2-12(3-7-14)16(23)21-25)10-11-22(17(18)24)15-8-4-13(19)5-9-15/h2-9,20,25H,10-11H2,1H3,(H,21,23)/t18-/m1/s1. The number of nitrogens with zero attached hydrogens (tertiary/aromatic N) is 1. The highest BCUT2D eigenvalue weighted by Crippen LogP contribution is 2.31. The summed E-state index contributed by atoms with van der Waals surface area (Å²) < 4.78 is 0. The Labute approximate surface area is 150 Å². The van der Waals surface area contributed by atoms with Crippen molar-refractivity contribution in [3.05, 3.63) is 59.1 Å². The van der Waals surface area contributed by atoms with Crippen LogP contribution in [-0.4, -0.2) is 29.1 Å². The van der Waals surface area contributed by atoms with Crippen LogP contribution in [0.4, 0.5) is 11.4 Å². The second-order valence-corrected chi connectivity index (χ2v) is 6.60. The minimum atomic E-state index is -0.736. The molecule has 130 valence electrons. The molecule has 0 bridgehead atoms. The second kappa shape index (κ2) is 6.74. The van der Waals surface area contributed by atoms with Crippen LogP contribution < -0.4 is 15.7 Å². The van der Waals surface area contributed by atoms with Crippen molar-refractivity contribution in [1.29, 1.82) is 0 Å². The van der Waals surface area contributed by atoms with E-state index in [0.29, 0.717) is 23.6 Å². The first-order chi connectivity index (χ1) is 11.9. The van der Waals surface area contributed by atoms with Crippen molar-refractivity contribution in [3.8, 4) is 0 Å². The highest BCUT2D eigenvalue weighted by atomic mass is 35.5. The molecule has 1 heterocycles. The summed E-state index contributed by atoms with van der Waals surface area (Å²) in [5, 5.41) is 12.5. The van der Waals surface area contributed by atoms with E-state index in [1.807, 2.05) is 19.1 Å². The van der Waals surface area contributed by atoms with Gasteiger partial charge in [-0.1, -0.05) is 11.6 Å². The molecule has 2 aromatic rings. The second-order valence-electron chi connectivity index (χ2n) is 6.16. The van der Waals surface area contributed by atoms with Gasteiger partial charge in [0.25, 0.3) is 11.8 Å². The van der Waals surface area contributed by atoms with Crippen molar-refractivity contribution < 1.29 is 14.8 Å². The van der Waals surface area contributed by atoms with Gasteiger partial charge in [0.05, 0.1) is 0 Å². The first kappa shape index (κ1) is 17.3. The van der Waals surface area contributed by atoms with Crippen molar-refractivity contribution in [1.82, 2.24) is 5.48 Å². The molecule has 3 rings (SSSR count). The van der Waals surface area contributed by atoms with E-state index in [1.165, 1.54) is 0 Å². The molecule has 0 saturated carbocycles. The maximum atomic E-state index is 12.9. The zero-order valence-corrected chi connectivity index (χ0v) is 14.4. The molecule has 2 aromatic carbocycles. The lowest BCUT2D eigenvalue weighted by atomic mass is 10.00. The van der Waals surface area contributed by atoms with Crippen molar-refractivity contribution in [2.75, 3.05) is 16.8 Å². The first-order valence-corrected chi connectivity index (χ1v) is 8.21. The third-order valence-corrected chi connectivity index (χ3v) is 4.61. The molecule has 0 spiro atoms. The van der Waals surface area contributed by atoms with Gasteiger partial charge in [-0.25, -0.2) is 5.48 Å². The molecule has 1 aliphatic rings. The van der Waals surface area contributed by atoms with Gasteiger partial charge in [-0.15, -0.1) is 0 Å². The monoisotopic (exact) mass is 359 g/mol. The number of carbonyl (C=O) groups excluding carboxylic acids is 2. The Balaban J connectivity index is 1.75. The Hall–Kier alpha value is -2.57. The molecule has 2 amide bonds. The molecule has 25 heavy (non-hydrogen) atoms. The number of halogens is 1. The highest BCUT2D eigenvalue weighted by molar-refractivity contribution is 6.30. The van der Waals surface area contributed by atoms with Gasteiger partial charge in [-0.05, 0) is 61.9 Å². The highest BCUT2D eigenvalue weighted by Gasteiger charge is 2.43. The molecule has 0 aromatic heterocycles. The molecule has 7 heteroatoms. The lowest BCUT2D eigenvalue weighted by Gasteiger charge is -2.26. The van der Waals surface area contributed by atoms with Crippen molar-refractivity contribution >= 4 is 34.8 Å². The van der Waals surface area contributed by atoms with E-state index in [4.69, 9.17) is 16.8 Å².